The largest absolute Gasteiger partial charge is 0.462 e. The predicted octanol–water partition coefficient (Wildman–Crippen LogP) is 8.20. The lowest BCUT2D eigenvalue weighted by Crippen LogP contribution is -2.12. The molecule has 0 radical (unpaired) electrons. The molecule has 1 N–H and O–H groups in total. The number of amides is 1. The fraction of sp³-hybridized carbons (Fsp3) is 0.444. The molecule has 34 heavy (non-hydrogen) atoms. The zero-order valence-electron chi connectivity index (χ0n) is 19.9. The average molecular weight is 499 g/mol. The molecule has 0 aliphatic heterocycles. The standard InChI is InChI=1S/C27H34N2O3S2/c1-2-3-4-5-6-7-8-9-10-11-18-32-26(31)22-16-14-21(15-17-22)25(30)29-27-28-23(20-34-27)24-13-12-19-33-24/h12-17,19-20H,2-11,18H2,1H3,(H,28,29,30). The highest BCUT2D eigenvalue weighted by Gasteiger charge is 2.12. The van der Waals surface area contributed by atoms with Gasteiger partial charge in [0.05, 0.1) is 22.7 Å². The van der Waals surface area contributed by atoms with Gasteiger partial charge < -0.3 is 4.74 Å². The van der Waals surface area contributed by atoms with E-state index in [1.165, 1.54) is 62.7 Å². The van der Waals surface area contributed by atoms with Gasteiger partial charge in [-0.05, 0) is 42.1 Å². The predicted molar refractivity (Wildman–Crippen MR) is 142 cm³/mol. The van der Waals surface area contributed by atoms with Crippen molar-refractivity contribution in [2.45, 2.75) is 71.1 Å². The molecule has 0 fully saturated rings. The normalized spacial score (nSPS) is 10.9. The maximum Gasteiger partial charge on any atom is 0.338 e. The van der Waals surface area contributed by atoms with Crippen molar-refractivity contribution in [1.29, 1.82) is 0 Å². The molecule has 0 saturated carbocycles. The molecule has 0 atom stereocenters. The molecule has 182 valence electrons. The monoisotopic (exact) mass is 498 g/mol. The van der Waals surface area contributed by atoms with Crippen molar-refractivity contribution in [2.24, 2.45) is 0 Å². The first-order chi connectivity index (χ1) is 16.7. The maximum absolute atomic E-state index is 12.5. The second-order valence-corrected chi connectivity index (χ2v) is 10.2. The summed E-state index contributed by atoms with van der Waals surface area (Å²) in [5, 5.41) is 7.29. The SMILES string of the molecule is CCCCCCCCCCCCOC(=O)c1ccc(C(=O)Nc2nc(-c3cccs3)cs2)cc1. The van der Waals surface area contributed by atoms with Gasteiger partial charge in [-0.3, -0.25) is 10.1 Å². The summed E-state index contributed by atoms with van der Waals surface area (Å²) in [6.45, 7) is 2.68. The zero-order valence-corrected chi connectivity index (χ0v) is 21.5. The highest BCUT2D eigenvalue weighted by Crippen LogP contribution is 2.28. The van der Waals surface area contributed by atoms with Crippen LogP contribution in [0.25, 0.3) is 10.6 Å². The Morgan fingerprint density at radius 2 is 1.50 bits per heavy atom. The molecule has 0 bridgehead atoms. The number of carbonyl (C=O) groups excluding carboxylic acids is 2. The number of nitrogens with zero attached hydrogens (tertiary/aromatic N) is 1. The molecule has 0 saturated heterocycles. The molecule has 1 aromatic carbocycles. The van der Waals surface area contributed by atoms with Crippen LogP contribution in [0.5, 0.6) is 0 Å². The van der Waals surface area contributed by atoms with Crippen LogP contribution in [0, 0.1) is 0 Å². The summed E-state index contributed by atoms with van der Waals surface area (Å²) in [5.41, 5.74) is 1.78. The van der Waals surface area contributed by atoms with E-state index in [1.807, 2.05) is 22.9 Å². The number of unbranched alkanes of at least 4 members (excludes halogenated alkanes) is 9. The van der Waals surface area contributed by atoms with E-state index in [-0.39, 0.29) is 11.9 Å². The van der Waals surface area contributed by atoms with Gasteiger partial charge in [0.1, 0.15) is 0 Å². The van der Waals surface area contributed by atoms with Crippen molar-refractivity contribution in [3.63, 3.8) is 0 Å². The Balaban J connectivity index is 1.32. The van der Waals surface area contributed by atoms with Crippen molar-refractivity contribution in [1.82, 2.24) is 4.98 Å². The fourth-order valence-electron chi connectivity index (χ4n) is 3.63. The van der Waals surface area contributed by atoms with Crippen molar-refractivity contribution in [3.05, 3.63) is 58.3 Å². The molecule has 3 aromatic rings. The molecule has 7 heteroatoms. The first-order valence-electron chi connectivity index (χ1n) is 12.3. The van der Waals surface area contributed by atoms with E-state index in [4.69, 9.17) is 4.74 Å². The Kier molecular flexibility index (Phi) is 11.3. The number of carbonyl (C=O) groups is 2. The topological polar surface area (TPSA) is 68.3 Å². The van der Waals surface area contributed by atoms with Gasteiger partial charge in [0.2, 0.25) is 0 Å². The minimum atomic E-state index is -0.344. The first-order valence-corrected chi connectivity index (χ1v) is 14.0. The van der Waals surface area contributed by atoms with Crippen LogP contribution in [-0.2, 0) is 4.74 Å². The summed E-state index contributed by atoms with van der Waals surface area (Å²) in [7, 11) is 0. The first kappa shape index (κ1) is 26.1. The molecule has 2 aromatic heterocycles. The lowest BCUT2D eigenvalue weighted by molar-refractivity contribution is 0.0497. The number of esters is 1. The smallest absolute Gasteiger partial charge is 0.338 e. The highest BCUT2D eigenvalue weighted by atomic mass is 32.1. The third-order valence-corrected chi connectivity index (χ3v) is 7.26. The zero-order chi connectivity index (χ0) is 24.0. The highest BCUT2D eigenvalue weighted by molar-refractivity contribution is 7.16. The van der Waals surface area contributed by atoms with E-state index in [2.05, 4.69) is 17.2 Å². The molecular weight excluding hydrogens is 464 g/mol. The number of anilines is 1. The third-order valence-electron chi connectivity index (χ3n) is 5.61. The number of benzene rings is 1. The van der Waals surface area contributed by atoms with E-state index in [0.717, 1.165) is 23.4 Å². The summed E-state index contributed by atoms with van der Waals surface area (Å²) in [6.07, 6.45) is 12.4. The molecule has 2 heterocycles. The number of hydrogen-bond acceptors (Lipinski definition) is 6. The Bertz CT molecular complexity index is 997. The van der Waals surface area contributed by atoms with Crippen LogP contribution < -0.4 is 5.32 Å². The Morgan fingerprint density at radius 3 is 2.15 bits per heavy atom. The summed E-state index contributed by atoms with van der Waals surface area (Å²) < 4.78 is 5.39. The molecular formula is C27H34N2O3S2. The quantitative estimate of drug-likeness (QED) is 0.169. The van der Waals surface area contributed by atoms with Gasteiger partial charge in [0.25, 0.3) is 5.91 Å². The van der Waals surface area contributed by atoms with Gasteiger partial charge in [0.15, 0.2) is 5.13 Å². The van der Waals surface area contributed by atoms with Crippen molar-refractivity contribution >= 4 is 39.7 Å². The van der Waals surface area contributed by atoms with E-state index in [9.17, 15) is 9.59 Å². The molecule has 1 amide bonds. The second-order valence-electron chi connectivity index (χ2n) is 8.36. The summed E-state index contributed by atoms with van der Waals surface area (Å²) in [4.78, 5) is 30.3. The van der Waals surface area contributed by atoms with E-state index < -0.39 is 0 Å². The van der Waals surface area contributed by atoms with Crippen LogP contribution >= 0.6 is 22.7 Å². The van der Waals surface area contributed by atoms with Crippen LogP contribution in [-0.4, -0.2) is 23.5 Å². The third kappa shape index (κ3) is 8.69. The Hall–Kier alpha value is -2.51. The summed E-state index contributed by atoms with van der Waals surface area (Å²) in [5.74, 6) is -0.597. The van der Waals surface area contributed by atoms with Crippen molar-refractivity contribution < 1.29 is 14.3 Å². The molecule has 0 aliphatic rings. The lowest BCUT2D eigenvalue weighted by Gasteiger charge is -2.06. The second kappa shape index (κ2) is 14.7. The molecule has 0 spiro atoms. The molecule has 0 aliphatic carbocycles. The van der Waals surface area contributed by atoms with Gasteiger partial charge >= 0.3 is 5.97 Å². The van der Waals surface area contributed by atoms with Crippen molar-refractivity contribution in [3.8, 4) is 10.6 Å². The Labute approximate surface area is 210 Å². The lowest BCUT2D eigenvalue weighted by atomic mass is 10.1. The van der Waals surface area contributed by atoms with Crippen LogP contribution in [0.2, 0.25) is 0 Å². The maximum atomic E-state index is 12.5. The van der Waals surface area contributed by atoms with Crippen LogP contribution in [0.1, 0.15) is 91.8 Å². The number of hydrogen-bond donors (Lipinski definition) is 1. The minimum absolute atomic E-state index is 0.252. The molecule has 5 nitrogen and oxygen atoms in total. The van der Waals surface area contributed by atoms with E-state index in [0.29, 0.717) is 22.9 Å². The summed E-state index contributed by atoms with van der Waals surface area (Å²) >= 11 is 3.00. The summed E-state index contributed by atoms with van der Waals surface area (Å²) in [6, 6.07) is 10.5. The van der Waals surface area contributed by atoms with Crippen molar-refractivity contribution in [2.75, 3.05) is 11.9 Å². The average Bonchev–Trinajstić information content (AvgIpc) is 3.55. The molecule has 0 unspecified atom stereocenters. The minimum Gasteiger partial charge on any atom is -0.462 e. The van der Waals surface area contributed by atoms with Gasteiger partial charge in [-0.1, -0.05) is 70.8 Å². The number of thiazole rings is 1. The van der Waals surface area contributed by atoms with Crippen LogP contribution in [0.3, 0.4) is 0 Å². The Morgan fingerprint density at radius 1 is 0.853 bits per heavy atom. The number of rotatable bonds is 15. The fourth-order valence-corrected chi connectivity index (χ4v) is 5.10. The van der Waals surface area contributed by atoms with Gasteiger partial charge in [-0.15, -0.1) is 22.7 Å². The molecule has 3 rings (SSSR count). The number of ether oxygens (including phenoxy) is 1. The van der Waals surface area contributed by atoms with Gasteiger partial charge in [0, 0.05) is 10.9 Å². The number of nitrogens with one attached hydrogen (secondary N) is 1. The van der Waals surface area contributed by atoms with E-state index in [1.54, 1.807) is 35.6 Å². The van der Waals surface area contributed by atoms with Gasteiger partial charge in [-0.2, -0.15) is 0 Å². The number of aromatic nitrogens is 1. The van der Waals surface area contributed by atoms with Gasteiger partial charge in [-0.25, -0.2) is 9.78 Å². The van der Waals surface area contributed by atoms with Crippen LogP contribution in [0.4, 0.5) is 5.13 Å². The number of thiophene rings is 1. The van der Waals surface area contributed by atoms with Crippen LogP contribution in [0.15, 0.2) is 47.2 Å². The van der Waals surface area contributed by atoms with E-state index >= 15 is 0 Å².